The van der Waals surface area contributed by atoms with E-state index in [9.17, 15) is 0 Å². The maximum absolute atomic E-state index is 5.72. The molecule has 0 aliphatic heterocycles. The predicted octanol–water partition coefficient (Wildman–Crippen LogP) is 24.8. The Balaban J connectivity index is -0.000000204. The standard InChI is InChI=1S/2C16H32O.2C15H30O.4CH3.4ClH.2Zr/c2*1-14-10-11-15(13-14)9-7-5-6-8-12-17-16(2,3)4;2*1-15(2,3)16-13-9-5-4-6-10-14-11-7-8-12-14;;;;;;;;;;/h2*14-15H,5-13H2,1-4H3;2*14H,4-13H2,1-3H3;4*1H3;4*1H;;/q;;;;4*-1;;;;;2*+4/p-4. The van der Waals surface area contributed by atoms with Crippen LogP contribution >= 0.6 is 34.1 Å². The Morgan fingerprint density at radius 3 is 0.684 bits per heavy atom. The van der Waals surface area contributed by atoms with E-state index in [0.29, 0.717) is 0 Å². The van der Waals surface area contributed by atoms with Gasteiger partial charge in [-0.1, -0.05) is 194 Å². The molecular weight excluding hydrogens is 1180 g/mol. The summed E-state index contributed by atoms with van der Waals surface area (Å²) in [5, 5.41) is 0. The van der Waals surface area contributed by atoms with Crippen molar-refractivity contribution < 1.29 is 60.6 Å². The van der Waals surface area contributed by atoms with Crippen molar-refractivity contribution in [3.05, 3.63) is 29.7 Å². The van der Waals surface area contributed by atoms with Crippen LogP contribution in [0.3, 0.4) is 0 Å². The van der Waals surface area contributed by atoms with Crippen molar-refractivity contribution in [1.82, 2.24) is 0 Å². The second-order valence-electron chi connectivity index (χ2n) is 26.7. The molecule has 76 heavy (non-hydrogen) atoms. The summed E-state index contributed by atoms with van der Waals surface area (Å²) in [6.45, 7) is 34.1. The number of rotatable bonds is 28. The van der Waals surface area contributed by atoms with Crippen LogP contribution in [0.4, 0.5) is 0 Å². The molecule has 0 aromatic carbocycles. The van der Waals surface area contributed by atoms with Crippen molar-refractivity contribution >= 4 is 34.1 Å². The van der Waals surface area contributed by atoms with Gasteiger partial charge in [-0.25, -0.2) is 0 Å². The molecule has 0 aromatic heterocycles. The van der Waals surface area contributed by atoms with Crippen LogP contribution in [0, 0.1) is 65.2 Å². The molecule has 4 nitrogen and oxygen atoms in total. The summed E-state index contributed by atoms with van der Waals surface area (Å²) >= 11 is -1.65. The van der Waals surface area contributed by atoms with Gasteiger partial charge in [0.2, 0.25) is 0 Å². The van der Waals surface area contributed by atoms with Crippen LogP contribution in [0.25, 0.3) is 0 Å². The summed E-state index contributed by atoms with van der Waals surface area (Å²) in [5.41, 5.74) is 0.174. The van der Waals surface area contributed by atoms with Gasteiger partial charge < -0.3 is 48.7 Å². The topological polar surface area (TPSA) is 36.9 Å². The van der Waals surface area contributed by atoms with Gasteiger partial charge in [0, 0.05) is 26.4 Å². The number of halogens is 4. The van der Waals surface area contributed by atoms with E-state index in [2.05, 4.69) is 96.9 Å². The van der Waals surface area contributed by atoms with Gasteiger partial charge in [-0.15, -0.1) is 0 Å². The number of hydrogen-bond acceptors (Lipinski definition) is 4. The molecule has 0 heterocycles. The van der Waals surface area contributed by atoms with Gasteiger partial charge in [0.15, 0.2) is 0 Å². The first-order valence-corrected chi connectivity index (χ1v) is 43.1. The van der Waals surface area contributed by atoms with Crippen LogP contribution in [-0.2, 0) is 60.6 Å². The summed E-state index contributed by atoms with van der Waals surface area (Å²) in [4.78, 5) is 0. The van der Waals surface area contributed by atoms with Crippen molar-refractivity contribution in [2.45, 2.75) is 338 Å². The molecule has 460 valence electrons. The third-order valence-corrected chi connectivity index (χ3v) is 14.7. The maximum atomic E-state index is 5.72. The molecule has 0 spiro atoms. The van der Waals surface area contributed by atoms with E-state index in [1.807, 2.05) is 0 Å². The quantitative estimate of drug-likeness (QED) is 0.0578. The van der Waals surface area contributed by atoms with Crippen LogP contribution in [-0.4, -0.2) is 48.8 Å². The molecule has 4 aliphatic rings. The summed E-state index contributed by atoms with van der Waals surface area (Å²) in [6.07, 6.45) is 48.6. The summed E-state index contributed by atoms with van der Waals surface area (Å²) in [6, 6.07) is 0. The van der Waals surface area contributed by atoms with Crippen LogP contribution in [0.15, 0.2) is 0 Å². The van der Waals surface area contributed by atoms with Gasteiger partial charge in [0.05, 0.1) is 22.4 Å². The fourth-order valence-corrected chi connectivity index (χ4v) is 10.8. The summed E-state index contributed by atoms with van der Waals surface area (Å²) in [5.74, 6) is 6.25. The van der Waals surface area contributed by atoms with E-state index in [-0.39, 0.29) is 52.1 Å². The molecule has 0 N–H and O–H groups in total. The fraction of sp³-hybridized carbons (Fsp3) is 0.939. The van der Waals surface area contributed by atoms with Gasteiger partial charge in [-0.2, -0.15) is 0 Å². The van der Waals surface area contributed by atoms with Gasteiger partial charge in [-0.05, 0) is 157 Å². The van der Waals surface area contributed by atoms with E-state index >= 15 is 0 Å². The van der Waals surface area contributed by atoms with Crippen molar-refractivity contribution in [1.29, 1.82) is 0 Å². The van der Waals surface area contributed by atoms with Crippen LogP contribution < -0.4 is 0 Å². The minimum atomic E-state index is -0.826. The number of unbranched alkanes of at least 4 members (excludes halogenated alkanes) is 12. The summed E-state index contributed by atoms with van der Waals surface area (Å²) < 4.78 is 22.9. The third-order valence-electron chi connectivity index (χ3n) is 14.7. The van der Waals surface area contributed by atoms with E-state index in [4.69, 9.17) is 53.0 Å². The Morgan fingerprint density at radius 2 is 0.500 bits per heavy atom. The Labute approximate surface area is 519 Å². The zero-order valence-corrected chi connectivity index (χ0v) is 62.4. The molecule has 4 saturated carbocycles. The molecule has 0 saturated heterocycles. The van der Waals surface area contributed by atoms with E-state index in [0.717, 1.165) is 61.9 Å². The first kappa shape index (κ1) is 90.0. The van der Waals surface area contributed by atoms with Crippen molar-refractivity contribution in [2.24, 2.45) is 35.5 Å². The predicted molar refractivity (Wildman–Crippen MR) is 341 cm³/mol. The van der Waals surface area contributed by atoms with Crippen molar-refractivity contribution in [3.8, 4) is 0 Å². The Morgan fingerprint density at radius 1 is 0.303 bits per heavy atom. The molecule has 4 rings (SSSR count). The first-order chi connectivity index (χ1) is 33.9. The Bertz CT molecular complexity index is 1030. The van der Waals surface area contributed by atoms with Crippen LogP contribution in [0.5, 0.6) is 0 Å². The van der Waals surface area contributed by atoms with Crippen LogP contribution in [0.2, 0.25) is 0 Å². The molecule has 0 bridgehead atoms. The minimum absolute atomic E-state index is 0. The number of ether oxygens (including phenoxy) is 4. The zero-order chi connectivity index (χ0) is 54.6. The van der Waals surface area contributed by atoms with Gasteiger partial charge in [0.1, 0.15) is 0 Å². The molecule has 0 aromatic rings. The average molecular weight is 1320 g/mol. The molecule has 4 fully saturated rings. The SMILES string of the molecule is CC(C)(C)OCCCCCCC1CCCC1.CC(C)(C)OCCCCCCC1CCCC1.CC1CCC(CCCCCCOC(C)(C)C)C1.CC1CCC(CCCCCCOC(C)(C)C)C1.[CH3-].[CH3-].[CH3-].[CH3-].[Cl][Zr+2][Cl].[Cl][Zr+2][Cl]. The monoisotopic (exact) mass is 1310 g/mol. The zero-order valence-electron chi connectivity index (χ0n) is 54.5. The second-order valence-corrected chi connectivity index (χ2v) is 34.1. The van der Waals surface area contributed by atoms with Crippen molar-refractivity contribution in [3.63, 3.8) is 0 Å². The second kappa shape index (κ2) is 58.2. The van der Waals surface area contributed by atoms with Gasteiger partial charge >= 0.3 is 75.7 Å². The van der Waals surface area contributed by atoms with E-state index < -0.39 is 41.7 Å². The van der Waals surface area contributed by atoms with Gasteiger partial charge in [0.25, 0.3) is 0 Å². The molecular formula is C66H136Cl4O4Zr2. The van der Waals surface area contributed by atoms with E-state index in [1.165, 1.54) is 218 Å². The summed E-state index contributed by atoms with van der Waals surface area (Å²) in [7, 11) is 19.7. The first-order valence-electron chi connectivity index (χ1n) is 30.4. The molecule has 4 unspecified atom stereocenters. The fourth-order valence-electron chi connectivity index (χ4n) is 10.8. The van der Waals surface area contributed by atoms with E-state index in [1.54, 1.807) is 0 Å². The molecule has 10 heteroatoms. The Kier molecular flexibility index (Phi) is 68.8. The molecule has 4 aliphatic carbocycles. The normalized spacial score (nSPS) is 19.3. The molecule has 0 radical (unpaired) electrons. The van der Waals surface area contributed by atoms with Gasteiger partial charge in [-0.3, -0.25) is 0 Å². The Hall–Kier alpha value is 2.77. The molecule has 0 amide bonds. The molecule has 4 atom stereocenters. The van der Waals surface area contributed by atoms with Crippen LogP contribution in [0.1, 0.15) is 315 Å². The number of hydrogen-bond donors (Lipinski definition) is 0. The third kappa shape index (κ3) is 71.0. The average Bonchev–Trinajstić information content (AvgIpc) is 4.13. The van der Waals surface area contributed by atoms with Crippen molar-refractivity contribution in [2.75, 3.05) is 26.4 Å².